The number of nitrogens with one attached hydrogen (secondary N) is 1. The lowest BCUT2D eigenvalue weighted by molar-refractivity contribution is -0.276. The molecule has 0 aliphatic carbocycles. The van der Waals surface area contributed by atoms with Crippen LogP contribution in [0.3, 0.4) is 0 Å². The number of alkyl halides is 3. The van der Waals surface area contributed by atoms with E-state index in [4.69, 9.17) is 5.11 Å². The first-order chi connectivity index (χ1) is 8.24. The third-order valence-electron chi connectivity index (χ3n) is 1.85. The van der Waals surface area contributed by atoms with Crippen LogP contribution in [-0.4, -0.2) is 29.5 Å². The number of aliphatic carboxylic acids is 1. The molecule has 18 heavy (non-hydrogen) atoms. The maximum Gasteiger partial charge on any atom is 0.574 e. The summed E-state index contributed by atoms with van der Waals surface area (Å²) in [5.41, 5.74) is -1.22. The van der Waals surface area contributed by atoms with Gasteiger partial charge in [0.2, 0.25) is 17.1 Å². The van der Waals surface area contributed by atoms with Crippen molar-refractivity contribution in [3.63, 3.8) is 0 Å². The summed E-state index contributed by atoms with van der Waals surface area (Å²) in [6.07, 6.45) is -4.80. The molecule has 1 heterocycles. The van der Waals surface area contributed by atoms with Gasteiger partial charge in [0.25, 0.3) is 0 Å². The molecule has 9 heteroatoms. The number of methoxy groups -OCH3 is 1. The minimum Gasteiger partial charge on any atom is -0.488 e. The molecule has 0 saturated carbocycles. The predicted octanol–water partition coefficient (Wildman–Crippen LogP) is 0.909. The molecule has 0 spiro atoms. The number of ether oxygens (including phenoxy) is 2. The molecule has 1 aromatic rings. The molecule has 0 amide bonds. The Labute approximate surface area is 98.0 Å². The molecule has 0 aliphatic heterocycles. The van der Waals surface area contributed by atoms with Crippen molar-refractivity contribution in [3.8, 4) is 11.6 Å². The summed E-state index contributed by atoms with van der Waals surface area (Å²) in [7, 11) is 0.971. The van der Waals surface area contributed by atoms with Gasteiger partial charge in [-0.1, -0.05) is 0 Å². The third kappa shape index (κ3) is 3.40. The van der Waals surface area contributed by atoms with Crippen molar-refractivity contribution in [1.82, 2.24) is 4.98 Å². The van der Waals surface area contributed by atoms with Crippen LogP contribution in [0.1, 0.15) is 5.56 Å². The zero-order valence-electron chi connectivity index (χ0n) is 9.00. The lowest BCUT2D eigenvalue weighted by Crippen LogP contribution is -2.22. The molecule has 0 saturated heterocycles. The van der Waals surface area contributed by atoms with Crippen LogP contribution in [0.5, 0.6) is 11.6 Å². The highest BCUT2D eigenvalue weighted by atomic mass is 19.4. The second kappa shape index (κ2) is 4.98. The predicted molar refractivity (Wildman–Crippen MR) is 51.6 cm³/mol. The number of aromatic nitrogens is 1. The summed E-state index contributed by atoms with van der Waals surface area (Å²) < 4.78 is 44.0. The van der Waals surface area contributed by atoms with Crippen molar-refractivity contribution >= 4 is 5.97 Å². The Morgan fingerprint density at radius 3 is 2.56 bits per heavy atom. The van der Waals surface area contributed by atoms with Gasteiger partial charge in [0, 0.05) is 11.8 Å². The van der Waals surface area contributed by atoms with Gasteiger partial charge >= 0.3 is 12.3 Å². The Balaban J connectivity index is 3.21. The molecule has 0 bridgehead atoms. The normalized spacial score (nSPS) is 11.1. The van der Waals surface area contributed by atoms with Crippen molar-refractivity contribution in [2.45, 2.75) is 12.8 Å². The number of hydrogen-bond donors (Lipinski definition) is 2. The molecule has 0 unspecified atom stereocenters. The van der Waals surface area contributed by atoms with Gasteiger partial charge in [0.15, 0.2) is 0 Å². The molecule has 2 N–H and O–H groups in total. The van der Waals surface area contributed by atoms with E-state index in [1.165, 1.54) is 0 Å². The number of H-pyrrole nitrogens is 1. The Hall–Kier alpha value is -2.19. The van der Waals surface area contributed by atoms with Crippen LogP contribution < -0.4 is 14.9 Å². The number of carbonyl (C=O) groups is 1. The minimum atomic E-state index is -5.00. The lowest BCUT2D eigenvalue weighted by atomic mass is 10.2. The first kappa shape index (κ1) is 13.9. The quantitative estimate of drug-likeness (QED) is 0.846. The van der Waals surface area contributed by atoms with Crippen LogP contribution >= 0.6 is 0 Å². The van der Waals surface area contributed by atoms with E-state index in [0.717, 1.165) is 13.3 Å². The van der Waals surface area contributed by atoms with Gasteiger partial charge in [0.05, 0.1) is 13.5 Å². The monoisotopic (exact) mass is 267 g/mol. The molecule has 1 rings (SSSR count). The summed E-state index contributed by atoms with van der Waals surface area (Å²) in [6.45, 7) is 0. The van der Waals surface area contributed by atoms with Gasteiger partial charge in [0.1, 0.15) is 0 Å². The second-order valence-corrected chi connectivity index (χ2v) is 3.12. The highest BCUT2D eigenvalue weighted by Crippen LogP contribution is 2.27. The number of hydrogen-bond acceptors (Lipinski definition) is 4. The van der Waals surface area contributed by atoms with Gasteiger partial charge < -0.3 is 19.6 Å². The van der Waals surface area contributed by atoms with Crippen LogP contribution in [-0.2, 0) is 11.2 Å². The van der Waals surface area contributed by atoms with Crippen molar-refractivity contribution in [2.24, 2.45) is 0 Å². The standard InChI is InChI=1S/C9H8F3NO5/c1-17-7-6(16)4(2-5(14)15)3-13-8(7)18-9(10,11)12/h3H,2H2,1H3,(H,13,16)(H,14,15). The zero-order valence-corrected chi connectivity index (χ0v) is 9.00. The van der Waals surface area contributed by atoms with Gasteiger partial charge in [-0.25, -0.2) is 0 Å². The minimum absolute atomic E-state index is 0.242. The molecule has 100 valence electrons. The molecule has 0 radical (unpaired) electrons. The molecule has 1 aromatic heterocycles. The number of aromatic amines is 1. The van der Waals surface area contributed by atoms with Gasteiger partial charge in [-0.3, -0.25) is 9.59 Å². The van der Waals surface area contributed by atoms with E-state index in [1.807, 2.05) is 4.98 Å². The fourth-order valence-corrected chi connectivity index (χ4v) is 1.20. The highest BCUT2D eigenvalue weighted by molar-refractivity contribution is 5.70. The molecular weight excluding hydrogens is 259 g/mol. The summed E-state index contributed by atoms with van der Waals surface area (Å²) >= 11 is 0. The molecule has 0 aliphatic rings. The number of rotatable bonds is 4. The van der Waals surface area contributed by atoms with Crippen molar-refractivity contribution in [2.75, 3.05) is 7.11 Å². The van der Waals surface area contributed by atoms with Crippen LogP contribution in [0.15, 0.2) is 11.0 Å². The first-order valence-electron chi connectivity index (χ1n) is 4.50. The Kier molecular flexibility index (Phi) is 3.84. The summed E-state index contributed by atoms with van der Waals surface area (Å²) in [5, 5.41) is 8.51. The van der Waals surface area contributed by atoms with Gasteiger partial charge in [-0.15, -0.1) is 13.2 Å². The third-order valence-corrected chi connectivity index (χ3v) is 1.85. The zero-order chi connectivity index (χ0) is 13.9. The van der Waals surface area contributed by atoms with Crippen molar-refractivity contribution in [3.05, 3.63) is 22.0 Å². The molecular formula is C9H8F3NO5. The molecule has 0 atom stereocenters. The largest absolute Gasteiger partial charge is 0.574 e. The lowest BCUT2D eigenvalue weighted by Gasteiger charge is -2.12. The van der Waals surface area contributed by atoms with E-state index in [0.29, 0.717) is 0 Å². The smallest absolute Gasteiger partial charge is 0.488 e. The average molecular weight is 267 g/mol. The van der Waals surface area contributed by atoms with Crippen LogP contribution in [0.2, 0.25) is 0 Å². The number of halogens is 3. The topological polar surface area (TPSA) is 88.6 Å². The molecule has 6 nitrogen and oxygen atoms in total. The summed E-state index contributed by atoms with van der Waals surface area (Å²) in [6, 6.07) is 0. The fourth-order valence-electron chi connectivity index (χ4n) is 1.20. The SMILES string of the molecule is COc1c(OC(F)(F)F)[nH]cc(CC(=O)O)c1=O. The Bertz CT molecular complexity index is 508. The molecule has 0 aromatic carbocycles. The van der Waals surface area contributed by atoms with Crippen LogP contribution in [0, 0.1) is 0 Å². The maximum absolute atomic E-state index is 12.0. The van der Waals surface area contributed by atoms with Gasteiger partial charge in [-0.2, -0.15) is 0 Å². The average Bonchev–Trinajstić information content (AvgIpc) is 2.20. The number of pyridine rings is 1. The summed E-state index contributed by atoms with van der Waals surface area (Å²) in [4.78, 5) is 24.0. The highest BCUT2D eigenvalue weighted by Gasteiger charge is 2.33. The van der Waals surface area contributed by atoms with Crippen molar-refractivity contribution in [1.29, 1.82) is 0 Å². The van der Waals surface area contributed by atoms with E-state index in [9.17, 15) is 22.8 Å². The van der Waals surface area contributed by atoms with Crippen LogP contribution in [0.25, 0.3) is 0 Å². The van der Waals surface area contributed by atoms with E-state index >= 15 is 0 Å². The Morgan fingerprint density at radius 1 is 1.50 bits per heavy atom. The van der Waals surface area contributed by atoms with E-state index in [2.05, 4.69) is 9.47 Å². The maximum atomic E-state index is 12.0. The number of carboxylic acids is 1. The Morgan fingerprint density at radius 2 is 2.11 bits per heavy atom. The first-order valence-corrected chi connectivity index (χ1v) is 4.50. The second-order valence-electron chi connectivity index (χ2n) is 3.12. The fraction of sp³-hybridized carbons (Fsp3) is 0.333. The van der Waals surface area contributed by atoms with Crippen LogP contribution in [0.4, 0.5) is 13.2 Å². The summed E-state index contributed by atoms with van der Waals surface area (Å²) in [5.74, 6) is -2.96. The van der Waals surface area contributed by atoms with E-state index in [1.54, 1.807) is 0 Å². The van der Waals surface area contributed by atoms with E-state index < -0.39 is 35.8 Å². The van der Waals surface area contributed by atoms with Gasteiger partial charge in [-0.05, 0) is 0 Å². The van der Waals surface area contributed by atoms with E-state index in [-0.39, 0.29) is 5.56 Å². The number of carboxylic acid groups (broad SMARTS) is 1. The van der Waals surface area contributed by atoms with Crippen molar-refractivity contribution < 1.29 is 32.5 Å². The molecule has 0 fully saturated rings.